The molecule has 3 heterocycles. The van der Waals surface area contributed by atoms with Gasteiger partial charge in [0, 0.05) is 37.6 Å². The summed E-state index contributed by atoms with van der Waals surface area (Å²) in [6, 6.07) is 7.00. The summed E-state index contributed by atoms with van der Waals surface area (Å²) in [4.78, 5) is 14.3. The zero-order valence-corrected chi connectivity index (χ0v) is 16.0. The third kappa shape index (κ3) is 4.84. The Morgan fingerprint density at radius 2 is 1.58 bits per heavy atom. The van der Waals surface area contributed by atoms with Crippen molar-refractivity contribution in [3.8, 4) is 11.4 Å². The molecule has 0 atom stereocenters. The molecule has 0 spiro atoms. The highest BCUT2D eigenvalue weighted by atomic mass is 19.4. The standard InChI is InChI=1S/C21H16F6N4/c22-20(23,24)16-4-2-14(3-5-16)19-29-10-15-7-8-31(12-17(15)30-19)11-13-1-6-18(28-9-13)21(25,26)27/h1-6,9-10H,7-8,11-12H2. The summed E-state index contributed by atoms with van der Waals surface area (Å²) in [6.45, 7) is 1.54. The van der Waals surface area contributed by atoms with E-state index in [-0.39, 0.29) is 0 Å². The molecule has 0 N–H and O–H groups in total. The molecule has 0 fully saturated rings. The second kappa shape index (κ2) is 7.92. The van der Waals surface area contributed by atoms with E-state index in [0.29, 0.717) is 43.0 Å². The molecule has 0 amide bonds. The largest absolute Gasteiger partial charge is 0.433 e. The summed E-state index contributed by atoms with van der Waals surface area (Å²) in [5.41, 5.74) is 1.13. The van der Waals surface area contributed by atoms with Gasteiger partial charge in [0.25, 0.3) is 0 Å². The average molecular weight is 438 g/mol. The first-order chi connectivity index (χ1) is 14.6. The van der Waals surface area contributed by atoms with Crippen LogP contribution in [0.5, 0.6) is 0 Å². The fraction of sp³-hybridized carbons (Fsp3) is 0.286. The number of benzene rings is 1. The van der Waals surface area contributed by atoms with Crippen molar-refractivity contribution in [1.29, 1.82) is 0 Å². The van der Waals surface area contributed by atoms with Gasteiger partial charge in [-0.3, -0.25) is 9.88 Å². The van der Waals surface area contributed by atoms with Gasteiger partial charge in [0.1, 0.15) is 5.69 Å². The number of alkyl halides is 6. The maximum Gasteiger partial charge on any atom is 0.433 e. The van der Waals surface area contributed by atoms with Gasteiger partial charge in [-0.1, -0.05) is 18.2 Å². The zero-order chi connectivity index (χ0) is 22.2. The number of fused-ring (bicyclic) bond motifs is 1. The monoisotopic (exact) mass is 438 g/mol. The fourth-order valence-corrected chi connectivity index (χ4v) is 3.38. The minimum Gasteiger partial charge on any atom is -0.293 e. The van der Waals surface area contributed by atoms with Crippen LogP contribution in [0.25, 0.3) is 11.4 Å². The summed E-state index contributed by atoms with van der Waals surface area (Å²) in [7, 11) is 0. The molecule has 10 heteroatoms. The molecule has 0 saturated carbocycles. The molecule has 0 bridgehead atoms. The van der Waals surface area contributed by atoms with Crippen LogP contribution in [0.3, 0.4) is 0 Å². The molecule has 0 unspecified atom stereocenters. The van der Waals surface area contributed by atoms with Crippen molar-refractivity contribution in [2.75, 3.05) is 6.54 Å². The predicted octanol–water partition coefficient (Wildman–Crippen LogP) is 5.13. The van der Waals surface area contributed by atoms with E-state index >= 15 is 0 Å². The number of halogens is 6. The van der Waals surface area contributed by atoms with Gasteiger partial charge in [-0.15, -0.1) is 0 Å². The summed E-state index contributed by atoms with van der Waals surface area (Å²) < 4.78 is 76.2. The van der Waals surface area contributed by atoms with Gasteiger partial charge in [0.15, 0.2) is 5.82 Å². The Morgan fingerprint density at radius 1 is 0.839 bits per heavy atom. The zero-order valence-electron chi connectivity index (χ0n) is 16.0. The van der Waals surface area contributed by atoms with Crippen LogP contribution in [-0.2, 0) is 31.9 Å². The number of pyridine rings is 1. The molecule has 4 rings (SSSR count). The molecular weight excluding hydrogens is 422 g/mol. The van der Waals surface area contributed by atoms with E-state index in [1.807, 2.05) is 4.90 Å². The highest BCUT2D eigenvalue weighted by molar-refractivity contribution is 5.56. The third-order valence-corrected chi connectivity index (χ3v) is 5.02. The molecule has 4 nitrogen and oxygen atoms in total. The number of nitrogens with zero attached hydrogens (tertiary/aromatic N) is 4. The van der Waals surface area contributed by atoms with E-state index in [0.717, 1.165) is 29.5 Å². The summed E-state index contributed by atoms with van der Waals surface area (Å²) in [5.74, 6) is 0.325. The maximum atomic E-state index is 12.8. The van der Waals surface area contributed by atoms with Crippen LogP contribution in [0, 0.1) is 0 Å². The lowest BCUT2D eigenvalue weighted by molar-refractivity contribution is -0.141. The topological polar surface area (TPSA) is 41.9 Å². The van der Waals surface area contributed by atoms with Gasteiger partial charge in [-0.2, -0.15) is 26.3 Å². The fourth-order valence-electron chi connectivity index (χ4n) is 3.38. The summed E-state index contributed by atoms with van der Waals surface area (Å²) in [6.07, 6.45) is -5.34. The Labute approximate surface area is 173 Å². The second-order valence-corrected chi connectivity index (χ2v) is 7.25. The molecule has 162 valence electrons. The van der Waals surface area contributed by atoms with Crippen molar-refractivity contribution in [3.05, 3.63) is 76.9 Å². The molecule has 3 aromatic rings. The van der Waals surface area contributed by atoms with Crippen molar-refractivity contribution in [1.82, 2.24) is 19.9 Å². The Hall–Kier alpha value is -3.01. The lowest BCUT2D eigenvalue weighted by Gasteiger charge is -2.28. The molecule has 1 aliphatic rings. The number of hydrogen-bond acceptors (Lipinski definition) is 4. The molecule has 0 saturated heterocycles. The van der Waals surface area contributed by atoms with Crippen LogP contribution in [-0.4, -0.2) is 26.4 Å². The molecule has 0 aliphatic carbocycles. The second-order valence-electron chi connectivity index (χ2n) is 7.25. The Morgan fingerprint density at radius 3 is 2.19 bits per heavy atom. The molecular formula is C21H16F6N4. The lowest BCUT2D eigenvalue weighted by Crippen LogP contribution is -2.31. The van der Waals surface area contributed by atoms with E-state index in [2.05, 4.69) is 15.0 Å². The Kier molecular flexibility index (Phi) is 5.42. The van der Waals surface area contributed by atoms with Crippen LogP contribution >= 0.6 is 0 Å². The first-order valence-corrected chi connectivity index (χ1v) is 9.36. The van der Waals surface area contributed by atoms with Gasteiger partial charge < -0.3 is 0 Å². The first kappa shape index (κ1) is 21.2. The number of hydrogen-bond donors (Lipinski definition) is 0. The molecule has 1 aromatic carbocycles. The van der Waals surface area contributed by atoms with Crippen LogP contribution in [0.15, 0.2) is 48.8 Å². The molecule has 0 radical (unpaired) electrons. The minimum atomic E-state index is -4.48. The molecule has 31 heavy (non-hydrogen) atoms. The van der Waals surface area contributed by atoms with Crippen molar-refractivity contribution in [3.63, 3.8) is 0 Å². The van der Waals surface area contributed by atoms with Gasteiger partial charge in [0.05, 0.1) is 11.3 Å². The van der Waals surface area contributed by atoms with E-state index in [1.54, 1.807) is 6.20 Å². The number of aromatic nitrogens is 3. The first-order valence-electron chi connectivity index (χ1n) is 9.36. The van der Waals surface area contributed by atoms with Crippen molar-refractivity contribution >= 4 is 0 Å². The predicted molar refractivity (Wildman–Crippen MR) is 99.5 cm³/mol. The Balaban J connectivity index is 1.49. The Bertz CT molecular complexity index is 1060. The van der Waals surface area contributed by atoms with Crippen LogP contribution < -0.4 is 0 Å². The van der Waals surface area contributed by atoms with E-state index in [4.69, 9.17) is 0 Å². The average Bonchev–Trinajstić information content (AvgIpc) is 2.72. The normalized spacial score (nSPS) is 15.0. The third-order valence-electron chi connectivity index (χ3n) is 5.02. The van der Waals surface area contributed by atoms with Crippen LogP contribution in [0.2, 0.25) is 0 Å². The van der Waals surface area contributed by atoms with Crippen molar-refractivity contribution in [2.45, 2.75) is 31.9 Å². The molecule has 2 aromatic heterocycles. The van der Waals surface area contributed by atoms with Gasteiger partial charge in [-0.25, -0.2) is 9.97 Å². The number of rotatable bonds is 3. The summed E-state index contributed by atoms with van der Waals surface area (Å²) >= 11 is 0. The minimum absolute atomic E-state index is 0.325. The lowest BCUT2D eigenvalue weighted by atomic mass is 10.1. The smallest absolute Gasteiger partial charge is 0.293 e. The van der Waals surface area contributed by atoms with E-state index in [1.165, 1.54) is 24.4 Å². The summed E-state index contributed by atoms with van der Waals surface area (Å²) in [5, 5.41) is 0. The van der Waals surface area contributed by atoms with Gasteiger partial charge >= 0.3 is 12.4 Å². The van der Waals surface area contributed by atoms with Crippen molar-refractivity contribution < 1.29 is 26.3 Å². The van der Waals surface area contributed by atoms with E-state index in [9.17, 15) is 26.3 Å². The highest BCUT2D eigenvalue weighted by Crippen LogP contribution is 2.31. The SMILES string of the molecule is FC(F)(F)c1ccc(-c2ncc3c(n2)CN(Cc2ccc(C(F)(F)F)nc2)CC3)cc1. The van der Waals surface area contributed by atoms with Crippen LogP contribution in [0.4, 0.5) is 26.3 Å². The van der Waals surface area contributed by atoms with Gasteiger partial charge in [-0.05, 0) is 35.7 Å². The van der Waals surface area contributed by atoms with E-state index < -0.39 is 23.6 Å². The van der Waals surface area contributed by atoms with Gasteiger partial charge in [0.2, 0.25) is 0 Å². The quantitative estimate of drug-likeness (QED) is 0.532. The maximum absolute atomic E-state index is 12.8. The molecule has 1 aliphatic heterocycles. The van der Waals surface area contributed by atoms with Crippen LogP contribution in [0.1, 0.15) is 28.1 Å². The van der Waals surface area contributed by atoms with Crippen molar-refractivity contribution in [2.24, 2.45) is 0 Å². The highest BCUT2D eigenvalue weighted by Gasteiger charge is 2.32.